The van der Waals surface area contributed by atoms with E-state index in [0.717, 1.165) is 28.0 Å². The van der Waals surface area contributed by atoms with Crippen molar-refractivity contribution in [2.45, 2.75) is 12.8 Å². The third kappa shape index (κ3) is 3.08. The number of nitrogens with one attached hydrogen (secondary N) is 1. The van der Waals surface area contributed by atoms with Crippen LogP contribution in [0, 0.1) is 0 Å². The van der Waals surface area contributed by atoms with E-state index in [4.69, 9.17) is 4.42 Å². The number of nitrogens with zero attached hydrogens (tertiary/aromatic N) is 1. The van der Waals surface area contributed by atoms with Gasteiger partial charge in [0.15, 0.2) is 11.5 Å². The molecule has 5 rings (SSSR count). The third-order valence-corrected chi connectivity index (χ3v) is 5.65. The Labute approximate surface area is 163 Å². The molecule has 2 N–H and O–H groups in total. The summed E-state index contributed by atoms with van der Waals surface area (Å²) >= 11 is 1.02. The van der Waals surface area contributed by atoms with Crippen LogP contribution in [0.5, 0.6) is 5.88 Å². The lowest BCUT2D eigenvalue weighted by Crippen LogP contribution is -1.90. The Kier molecular flexibility index (Phi) is 3.98. The number of benzene rings is 3. The first kappa shape index (κ1) is 16.8. The average Bonchev–Trinajstić information content (AvgIpc) is 3.23. The molecule has 5 nitrogen and oxygen atoms in total. The number of aromatic amines is 1. The van der Waals surface area contributed by atoms with Crippen molar-refractivity contribution in [3.8, 4) is 5.88 Å². The van der Waals surface area contributed by atoms with Crippen LogP contribution in [0.1, 0.15) is 21.9 Å². The summed E-state index contributed by atoms with van der Waals surface area (Å²) in [6.45, 7) is 0. The zero-order valence-electron chi connectivity index (χ0n) is 14.8. The largest absolute Gasteiger partial charge is 0.494 e. The normalized spacial score (nSPS) is 11.4. The molecule has 6 heteroatoms. The quantitative estimate of drug-likeness (QED) is 0.471. The summed E-state index contributed by atoms with van der Waals surface area (Å²) in [5.74, 6) is 0.601. The minimum atomic E-state index is -0.257. The molecule has 0 bridgehead atoms. The Hall–Kier alpha value is -3.38. The second-order valence-corrected chi connectivity index (χ2v) is 7.76. The lowest BCUT2D eigenvalue weighted by molar-refractivity contribution is 0.451. The van der Waals surface area contributed by atoms with Crippen molar-refractivity contribution < 1.29 is 9.52 Å². The molecule has 0 atom stereocenters. The SMILES string of the molecule is O=c1[nH]c(O)c(Cc2ccc3oc(Cc4cccc5ccccc45)nc3c2)s1. The van der Waals surface area contributed by atoms with Gasteiger partial charge in [-0.3, -0.25) is 9.78 Å². The topological polar surface area (TPSA) is 79.1 Å². The standard InChI is InChI=1S/C22H16N2O3S/c25-21-19(28-22(26)24-21)11-13-8-9-18-17(10-13)23-20(27-18)12-15-6-3-5-14-4-1-2-7-16(14)15/h1-10,25H,11-12H2,(H,24,26). The van der Waals surface area contributed by atoms with Gasteiger partial charge in [0.25, 0.3) is 0 Å². The molecule has 0 amide bonds. The van der Waals surface area contributed by atoms with Gasteiger partial charge in [-0.15, -0.1) is 0 Å². The van der Waals surface area contributed by atoms with Gasteiger partial charge >= 0.3 is 4.87 Å². The molecule has 28 heavy (non-hydrogen) atoms. The van der Waals surface area contributed by atoms with E-state index in [1.54, 1.807) is 0 Å². The molecule has 2 aromatic heterocycles. The molecule has 0 radical (unpaired) electrons. The first-order valence-corrected chi connectivity index (χ1v) is 9.73. The summed E-state index contributed by atoms with van der Waals surface area (Å²) in [6.07, 6.45) is 1.09. The fourth-order valence-corrected chi connectivity index (χ4v) is 4.23. The van der Waals surface area contributed by atoms with Crippen molar-refractivity contribution in [3.05, 3.63) is 92.2 Å². The van der Waals surface area contributed by atoms with Crippen LogP contribution in [-0.4, -0.2) is 15.1 Å². The molecule has 0 saturated carbocycles. The number of oxazole rings is 1. The van der Waals surface area contributed by atoms with Crippen molar-refractivity contribution >= 4 is 33.2 Å². The molecule has 5 aromatic rings. The monoisotopic (exact) mass is 388 g/mol. The van der Waals surface area contributed by atoms with Crippen LogP contribution in [0.4, 0.5) is 0 Å². The molecule has 0 aliphatic carbocycles. The maximum Gasteiger partial charge on any atom is 0.307 e. The highest BCUT2D eigenvalue weighted by Crippen LogP contribution is 2.26. The number of fused-ring (bicyclic) bond motifs is 2. The molecule has 2 heterocycles. The summed E-state index contributed by atoms with van der Waals surface area (Å²) in [7, 11) is 0. The van der Waals surface area contributed by atoms with E-state index < -0.39 is 0 Å². The van der Waals surface area contributed by atoms with Gasteiger partial charge in [-0.25, -0.2) is 4.98 Å². The lowest BCUT2D eigenvalue weighted by atomic mass is 10.0. The van der Waals surface area contributed by atoms with Gasteiger partial charge in [-0.1, -0.05) is 59.9 Å². The Morgan fingerprint density at radius 3 is 2.75 bits per heavy atom. The summed E-state index contributed by atoms with van der Waals surface area (Å²) < 4.78 is 5.94. The zero-order valence-corrected chi connectivity index (χ0v) is 15.6. The number of aromatic nitrogens is 2. The second-order valence-electron chi connectivity index (χ2n) is 6.69. The maximum absolute atomic E-state index is 11.4. The van der Waals surface area contributed by atoms with Gasteiger partial charge in [0.05, 0.1) is 11.3 Å². The summed E-state index contributed by atoms with van der Waals surface area (Å²) in [5, 5.41) is 12.2. The number of thiazole rings is 1. The van der Waals surface area contributed by atoms with Crippen molar-refractivity contribution in [2.75, 3.05) is 0 Å². The summed E-state index contributed by atoms with van der Waals surface area (Å²) in [4.78, 5) is 18.8. The molecule has 0 aliphatic heterocycles. The van der Waals surface area contributed by atoms with E-state index in [1.165, 1.54) is 16.3 Å². The van der Waals surface area contributed by atoms with Crippen LogP contribution >= 0.6 is 11.3 Å². The number of hydrogen-bond acceptors (Lipinski definition) is 5. The molecular weight excluding hydrogens is 372 g/mol. The highest BCUT2D eigenvalue weighted by atomic mass is 32.1. The van der Waals surface area contributed by atoms with Gasteiger partial charge < -0.3 is 9.52 Å². The number of aromatic hydroxyl groups is 1. The van der Waals surface area contributed by atoms with E-state index >= 15 is 0 Å². The predicted molar refractivity (Wildman–Crippen MR) is 110 cm³/mol. The van der Waals surface area contributed by atoms with Crippen LogP contribution in [0.15, 0.2) is 69.9 Å². The molecular formula is C22H16N2O3S. The van der Waals surface area contributed by atoms with E-state index in [9.17, 15) is 9.90 Å². The van der Waals surface area contributed by atoms with Crippen LogP contribution in [-0.2, 0) is 12.8 Å². The summed E-state index contributed by atoms with van der Waals surface area (Å²) in [5.41, 5.74) is 3.63. The van der Waals surface area contributed by atoms with Gasteiger partial charge in [0.1, 0.15) is 5.52 Å². The zero-order chi connectivity index (χ0) is 19.1. The molecule has 0 spiro atoms. The number of rotatable bonds is 4. The Morgan fingerprint density at radius 1 is 1.04 bits per heavy atom. The highest BCUT2D eigenvalue weighted by Gasteiger charge is 2.12. The van der Waals surface area contributed by atoms with E-state index in [2.05, 4.69) is 34.2 Å². The second kappa shape index (κ2) is 6.65. The van der Waals surface area contributed by atoms with E-state index in [1.807, 2.05) is 36.4 Å². The molecule has 138 valence electrons. The van der Waals surface area contributed by atoms with Gasteiger partial charge in [0, 0.05) is 6.42 Å². The van der Waals surface area contributed by atoms with Crippen LogP contribution in [0.3, 0.4) is 0 Å². The van der Waals surface area contributed by atoms with Gasteiger partial charge in [0.2, 0.25) is 5.88 Å². The van der Waals surface area contributed by atoms with Crippen molar-refractivity contribution in [1.82, 2.24) is 9.97 Å². The third-order valence-electron chi connectivity index (χ3n) is 4.78. The first-order chi connectivity index (χ1) is 13.7. The number of H-pyrrole nitrogens is 1. The Morgan fingerprint density at radius 2 is 1.89 bits per heavy atom. The minimum Gasteiger partial charge on any atom is -0.494 e. The molecule has 0 unspecified atom stereocenters. The molecule has 0 fully saturated rings. The Balaban J connectivity index is 1.46. The van der Waals surface area contributed by atoms with Crippen LogP contribution in [0.25, 0.3) is 21.9 Å². The minimum absolute atomic E-state index is 0.0631. The average molecular weight is 388 g/mol. The Bertz CT molecular complexity index is 1360. The molecule has 0 aliphatic rings. The van der Waals surface area contributed by atoms with Crippen LogP contribution in [0.2, 0.25) is 0 Å². The highest BCUT2D eigenvalue weighted by molar-refractivity contribution is 7.09. The predicted octanol–water partition coefficient (Wildman–Crippen LogP) is 4.62. The lowest BCUT2D eigenvalue weighted by Gasteiger charge is -2.03. The van der Waals surface area contributed by atoms with Gasteiger partial charge in [-0.2, -0.15) is 0 Å². The van der Waals surface area contributed by atoms with E-state index in [-0.39, 0.29) is 10.8 Å². The fraction of sp³-hybridized carbons (Fsp3) is 0.0909. The van der Waals surface area contributed by atoms with Crippen LogP contribution < -0.4 is 4.87 Å². The number of hydrogen-bond donors (Lipinski definition) is 2. The van der Waals surface area contributed by atoms with Crippen molar-refractivity contribution in [1.29, 1.82) is 0 Å². The first-order valence-electron chi connectivity index (χ1n) is 8.92. The maximum atomic E-state index is 11.4. The van der Waals surface area contributed by atoms with Crippen molar-refractivity contribution in [2.24, 2.45) is 0 Å². The summed E-state index contributed by atoms with van der Waals surface area (Å²) in [6, 6.07) is 20.3. The van der Waals surface area contributed by atoms with E-state index in [0.29, 0.717) is 23.6 Å². The van der Waals surface area contributed by atoms with Gasteiger partial charge in [-0.05, 0) is 34.0 Å². The molecule has 0 saturated heterocycles. The van der Waals surface area contributed by atoms with Crippen molar-refractivity contribution in [3.63, 3.8) is 0 Å². The fourth-order valence-electron chi connectivity index (χ4n) is 3.47. The molecule has 3 aromatic carbocycles. The smallest absolute Gasteiger partial charge is 0.307 e.